The van der Waals surface area contributed by atoms with Gasteiger partial charge in [0.1, 0.15) is 6.04 Å². The van der Waals surface area contributed by atoms with Gasteiger partial charge in [0.2, 0.25) is 17.7 Å². The molecule has 1 heterocycles. The average molecular weight is 459 g/mol. The molecule has 5 atom stereocenters. The minimum Gasteiger partial charge on any atom is -0.462 e. The maximum atomic E-state index is 13.5. The Morgan fingerprint density at radius 3 is 2.18 bits per heavy atom. The number of fused-ring (bicyclic) bond motifs is 5. The van der Waals surface area contributed by atoms with Gasteiger partial charge in [-0.2, -0.15) is 0 Å². The van der Waals surface area contributed by atoms with Crippen LogP contribution in [0.3, 0.4) is 0 Å². The predicted molar refractivity (Wildman–Crippen MR) is 125 cm³/mol. The minimum atomic E-state index is -0.961. The van der Waals surface area contributed by atoms with Crippen LogP contribution in [0.25, 0.3) is 0 Å². The van der Waals surface area contributed by atoms with E-state index in [-0.39, 0.29) is 48.5 Å². The molecule has 2 fully saturated rings. The van der Waals surface area contributed by atoms with Gasteiger partial charge in [0.05, 0.1) is 24.0 Å². The molecule has 1 saturated heterocycles. The van der Waals surface area contributed by atoms with Crippen molar-refractivity contribution in [1.82, 2.24) is 4.90 Å². The first-order chi connectivity index (χ1) is 16.5. The van der Waals surface area contributed by atoms with Crippen LogP contribution in [-0.2, 0) is 25.5 Å². The summed E-state index contributed by atoms with van der Waals surface area (Å²) >= 11 is 0. The predicted octanol–water partition coefficient (Wildman–Crippen LogP) is 3.22. The number of rotatable bonds is 7. The number of imide groups is 1. The molecule has 3 amide bonds. The Morgan fingerprint density at radius 1 is 0.971 bits per heavy atom. The van der Waals surface area contributed by atoms with Crippen LogP contribution < -0.4 is 5.32 Å². The molecular weight excluding hydrogens is 432 g/mol. The van der Waals surface area contributed by atoms with Crippen molar-refractivity contribution >= 4 is 29.4 Å². The highest BCUT2D eigenvalue weighted by Crippen LogP contribution is 2.53. The summed E-state index contributed by atoms with van der Waals surface area (Å²) in [4.78, 5) is 53.3. The fourth-order valence-corrected chi connectivity index (χ4v) is 5.50. The Labute approximate surface area is 197 Å². The number of nitrogens with zero attached hydrogens (tertiary/aromatic N) is 1. The number of allylic oxidation sites excluding steroid dienone is 2. The summed E-state index contributed by atoms with van der Waals surface area (Å²) in [6.45, 7) is 2.01. The van der Waals surface area contributed by atoms with Gasteiger partial charge in [0.25, 0.3) is 0 Å². The second-order valence-electron chi connectivity index (χ2n) is 9.04. The highest BCUT2D eigenvalue weighted by molar-refractivity contribution is 6.11. The SMILES string of the molecule is CCOC(=O)c1ccc(NC(=O)[C@H](Cc2ccccc2)N2C(=O)[C@@H]3[C@H](C2=O)[C@H]2C=C[C@@H]3C2)cc1. The summed E-state index contributed by atoms with van der Waals surface area (Å²) in [6, 6.07) is 14.8. The maximum Gasteiger partial charge on any atom is 0.338 e. The van der Waals surface area contributed by atoms with Crippen LogP contribution >= 0.6 is 0 Å². The van der Waals surface area contributed by atoms with Gasteiger partial charge in [0.15, 0.2) is 0 Å². The normalized spacial score (nSPS) is 25.4. The van der Waals surface area contributed by atoms with Gasteiger partial charge in [-0.1, -0.05) is 42.5 Å². The van der Waals surface area contributed by atoms with Gasteiger partial charge in [-0.15, -0.1) is 0 Å². The fraction of sp³-hybridized carbons (Fsp3) is 0.333. The van der Waals surface area contributed by atoms with Gasteiger partial charge < -0.3 is 10.1 Å². The summed E-state index contributed by atoms with van der Waals surface area (Å²) in [5.74, 6) is -1.95. The Kier molecular flexibility index (Phi) is 5.77. The number of hydrogen-bond acceptors (Lipinski definition) is 5. The fourth-order valence-electron chi connectivity index (χ4n) is 5.50. The van der Waals surface area contributed by atoms with E-state index in [1.165, 1.54) is 4.90 Å². The number of nitrogens with one attached hydrogen (secondary N) is 1. The molecule has 0 spiro atoms. The van der Waals surface area contributed by atoms with E-state index in [0.717, 1.165) is 12.0 Å². The summed E-state index contributed by atoms with van der Waals surface area (Å²) < 4.78 is 4.99. The van der Waals surface area contributed by atoms with E-state index in [4.69, 9.17) is 4.74 Å². The van der Waals surface area contributed by atoms with Crippen molar-refractivity contribution in [3.63, 3.8) is 0 Å². The summed E-state index contributed by atoms with van der Waals surface area (Å²) in [5.41, 5.74) is 1.71. The van der Waals surface area contributed by atoms with Crippen LogP contribution in [0, 0.1) is 23.7 Å². The number of benzene rings is 2. The molecule has 174 valence electrons. The van der Waals surface area contributed by atoms with E-state index >= 15 is 0 Å². The summed E-state index contributed by atoms with van der Waals surface area (Å²) in [5, 5.41) is 2.83. The minimum absolute atomic E-state index is 0.0762. The van der Waals surface area contributed by atoms with Crippen molar-refractivity contribution < 1.29 is 23.9 Å². The Hall–Kier alpha value is -3.74. The van der Waals surface area contributed by atoms with Gasteiger partial charge in [0, 0.05) is 12.1 Å². The Bertz CT molecular complexity index is 1130. The molecule has 3 aliphatic rings. The van der Waals surface area contributed by atoms with Crippen LogP contribution in [-0.4, -0.2) is 41.2 Å². The van der Waals surface area contributed by atoms with Gasteiger partial charge in [-0.05, 0) is 55.0 Å². The summed E-state index contributed by atoms with van der Waals surface area (Å²) in [6.07, 6.45) is 5.14. The topological polar surface area (TPSA) is 92.8 Å². The molecule has 34 heavy (non-hydrogen) atoms. The number of hydrogen-bond donors (Lipinski definition) is 1. The van der Waals surface area contributed by atoms with Crippen molar-refractivity contribution in [2.75, 3.05) is 11.9 Å². The zero-order valence-corrected chi connectivity index (χ0v) is 18.8. The number of carbonyl (C=O) groups excluding carboxylic acids is 4. The number of ether oxygens (including phenoxy) is 1. The average Bonchev–Trinajstić information content (AvgIpc) is 3.53. The number of likely N-dealkylation sites (tertiary alicyclic amines) is 1. The molecular formula is C27H26N2O5. The number of esters is 1. The lowest BCUT2D eigenvalue weighted by atomic mass is 9.85. The van der Waals surface area contributed by atoms with Crippen molar-refractivity contribution in [3.8, 4) is 0 Å². The molecule has 2 bridgehead atoms. The second-order valence-corrected chi connectivity index (χ2v) is 9.04. The monoisotopic (exact) mass is 458 g/mol. The van der Waals surface area contributed by atoms with E-state index in [0.29, 0.717) is 11.3 Å². The molecule has 0 unspecified atom stereocenters. The standard InChI is InChI=1S/C27H26N2O5/c1-2-34-27(33)17-10-12-20(13-11-17)28-24(30)21(14-16-6-4-3-5-7-16)29-25(31)22-18-8-9-19(15-18)23(22)26(29)32/h3-13,18-19,21-23H,2,14-15H2,1H3,(H,28,30)/t18-,19+,21-,22+,23-/m0/s1. The molecule has 7 nitrogen and oxygen atoms in total. The Balaban J connectivity index is 1.39. The van der Waals surface area contributed by atoms with Crippen molar-refractivity contribution in [2.24, 2.45) is 23.7 Å². The first-order valence-corrected chi connectivity index (χ1v) is 11.6. The highest BCUT2D eigenvalue weighted by Gasteiger charge is 2.61. The highest BCUT2D eigenvalue weighted by atomic mass is 16.5. The second kappa shape index (κ2) is 8.89. The molecule has 0 aromatic heterocycles. The lowest BCUT2D eigenvalue weighted by molar-refractivity contribution is -0.147. The lowest BCUT2D eigenvalue weighted by Gasteiger charge is -2.27. The number of carbonyl (C=O) groups is 4. The lowest BCUT2D eigenvalue weighted by Crippen LogP contribution is -2.49. The first kappa shape index (κ1) is 22.1. The van der Waals surface area contributed by atoms with E-state index in [9.17, 15) is 19.2 Å². The van der Waals surface area contributed by atoms with Crippen LogP contribution in [0.2, 0.25) is 0 Å². The van der Waals surface area contributed by atoms with Crippen LogP contribution in [0.1, 0.15) is 29.3 Å². The van der Waals surface area contributed by atoms with Gasteiger partial charge >= 0.3 is 5.97 Å². The molecule has 1 saturated carbocycles. The molecule has 2 aliphatic carbocycles. The number of amides is 3. The van der Waals surface area contributed by atoms with Crippen molar-refractivity contribution in [3.05, 3.63) is 77.9 Å². The molecule has 0 radical (unpaired) electrons. The number of anilines is 1. The first-order valence-electron chi connectivity index (χ1n) is 11.6. The van der Waals surface area contributed by atoms with Crippen LogP contribution in [0.5, 0.6) is 0 Å². The third kappa shape index (κ3) is 3.81. The molecule has 7 heteroatoms. The van der Waals surface area contributed by atoms with E-state index in [1.807, 2.05) is 42.5 Å². The molecule has 2 aromatic carbocycles. The van der Waals surface area contributed by atoms with E-state index < -0.39 is 17.9 Å². The van der Waals surface area contributed by atoms with Crippen molar-refractivity contribution in [2.45, 2.75) is 25.8 Å². The van der Waals surface area contributed by atoms with Gasteiger partial charge in [-0.3, -0.25) is 19.3 Å². The van der Waals surface area contributed by atoms with Crippen LogP contribution in [0.4, 0.5) is 5.69 Å². The third-order valence-corrected chi connectivity index (χ3v) is 7.05. The summed E-state index contributed by atoms with van der Waals surface area (Å²) in [7, 11) is 0. The molecule has 1 aliphatic heterocycles. The Morgan fingerprint density at radius 2 is 1.59 bits per heavy atom. The van der Waals surface area contributed by atoms with Crippen LogP contribution in [0.15, 0.2) is 66.7 Å². The maximum absolute atomic E-state index is 13.5. The smallest absolute Gasteiger partial charge is 0.338 e. The van der Waals surface area contributed by atoms with E-state index in [1.54, 1.807) is 31.2 Å². The van der Waals surface area contributed by atoms with E-state index in [2.05, 4.69) is 5.32 Å². The zero-order chi connectivity index (χ0) is 23.8. The molecule has 5 rings (SSSR count). The third-order valence-electron chi connectivity index (χ3n) is 7.05. The quantitative estimate of drug-likeness (QED) is 0.391. The largest absolute Gasteiger partial charge is 0.462 e. The zero-order valence-electron chi connectivity index (χ0n) is 18.8. The van der Waals surface area contributed by atoms with Gasteiger partial charge in [-0.25, -0.2) is 4.79 Å². The van der Waals surface area contributed by atoms with Crippen molar-refractivity contribution in [1.29, 1.82) is 0 Å². The molecule has 2 aromatic rings. The molecule has 1 N–H and O–H groups in total.